The Balaban J connectivity index is 2.66. The fourth-order valence-electron chi connectivity index (χ4n) is 2.48. The Morgan fingerprint density at radius 3 is 2.53 bits per heavy atom. The summed E-state index contributed by atoms with van der Waals surface area (Å²) >= 11 is 0. The van der Waals surface area contributed by atoms with Gasteiger partial charge in [0, 0.05) is 19.1 Å². The lowest BCUT2D eigenvalue weighted by Crippen LogP contribution is -2.49. The molecule has 0 spiro atoms. The quantitative estimate of drug-likeness (QED) is 0.814. The molecule has 0 aromatic rings. The zero-order chi connectivity index (χ0) is 13.1. The topological polar surface area (TPSA) is 26.7 Å². The highest BCUT2D eigenvalue weighted by Crippen LogP contribution is 2.21. The van der Waals surface area contributed by atoms with Gasteiger partial charge in [-0.2, -0.15) is 0 Å². The highest BCUT2D eigenvalue weighted by atomic mass is 16.3. The van der Waals surface area contributed by atoms with E-state index >= 15 is 0 Å². The standard InChI is InChI=1S/C14H30N2O/c1-6-13-10-15(5)8-7-9-16(13)11-14(4,17)12(2)3/h12-13,17H,6-11H2,1-5H3. The second-order valence-electron chi connectivity index (χ2n) is 6.16. The highest BCUT2D eigenvalue weighted by Gasteiger charge is 2.31. The van der Waals surface area contributed by atoms with Crippen molar-refractivity contribution in [3.8, 4) is 0 Å². The molecule has 0 radical (unpaired) electrons. The molecule has 0 aliphatic carbocycles. The molecule has 1 N–H and O–H groups in total. The number of β-amino-alcohol motifs (C(OH)–C–C–N with tert-alkyl or cyclic N) is 1. The normalized spacial score (nSPS) is 28.1. The summed E-state index contributed by atoms with van der Waals surface area (Å²) in [6.45, 7) is 12.7. The summed E-state index contributed by atoms with van der Waals surface area (Å²) in [7, 11) is 2.20. The van der Waals surface area contributed by atoms with Crippen LogP contribution < -0.4 is 0 Å². The molecule has 17 heavy (non-hydrogen) atoms. The van der Waals surface area contributed by atoms with E-state index in [1.54, 1.807) is 0 Å². The molecule has 0 bridgehead atoms. The average molecular weight is 242 g/mol. The number of hydrogen-bond acceptors (Lipinski definition) is 3. The second-order valence-corrected chi connectivity index (χ2v) is 6.16. The van der Waals surface area contributed by atoms with Gasteiger partial charge in [0.25, 0.3) is 0 Å². The van der Waals surface area contributed by atoms with Crippen LogP contribution >= 0.6 is 0 Å². The van der Waals surface area contributed by atoms with Crippen molar-refractivity contribution in [3.63, 3.8) is 0 Å². The minimum atomic E-state index is -0.573. The summed E-state index contributed by atoms with van der Waals surface area (Å²) < 4.78 is 0. The van der Waals surface area contributed by atoms with Crippen molar-refractivity contribution in [2.45, 2.75) is 52.2 Å². The minimum absolute atomic E-state index is 0.306. The van der Waals surface area contributed by atoms with E-state index < -0.39 is 5.60 Å². The van der Waals surface area contributed by atoms with E-state index in [4.69, 9.17) is 0 Å². The third-order valence-corrected chi connectivity index (χ3v) is 4.26. The van der Waals surface area contributed by atoms with E-state index in [0.717, 1.165) is 19.6 Å². The molecule has 2 unspecified atom stereocenters. The predicted molar refractivity (Wildman–Crippen MR) is 73.2 cm³/mol. The van der Waals surface area contributed by atoms with Crippen LogP contribution in [0.15, 0.2) is 0 Å². The van der Waals surface area contributed by atoms with Crippen LogP contribution in [-0.4, -0.2) is 59.8 Å². The van der Waals surface area contributed by atoms with Crippen LogP contribution in [0, 0.1) is 5.92 Å². The molecule has 1 aliphatic rings. The zero-order valence-electron chi connectivity index (χ0n) is 12.2. The van der Waals surface area contributed by atoms with E-state index in [-0.39, 0.29) is 0 Å². The first-order valence-electron chi connectivity index (χ1n) is 7.01. The molecule has 3 nitrogen and oxygen atoms in total. The third kappa shape index (κ3) is 4.23. The summed E-state index contributed by atoms with van der Waals surface area (Å²) in [6.07, 6.45) is 2.37. The molecule has 3 heteroatoms. The minimum Gasteiger partial charge on any atom is -0.389 e. The van der Waals surface area contributed by atoms with Crippen LogP contribution in [0.1, 0.15) is 40.5 Å². The second kappa shape index (κ2) is 6.17. The van der Waals surface area contributed by atoms with Gasteiger partial charge in [0.05, 0.1) is 5.60 Å². The van der Waals surface area contributed by atoms with Gasteiger partial charge in [0.1, 0.15) is 0 Å². The molecule has 2 atom stereocenters. The Labute approximate surface area is 107 Å². The summed E-state index contributed by atoms with van der Waals surface area (Å²) in [5, 5.41) is 10.5. The van der Waals surface area contributed by atoms with Crippen LogP contribution in [0.5, 0.6) is 0 Å². The molecule has 1 heterocycles. The molecule has 1 saturated heterocycles. The summed E-state index contributed by atoms with van der Waals surface area (Å²) in [5.74, 6) is 0.306. The molecule has 102 valence electrons. The van der Waals surface area contributed by atoms with Crippen molar-refractivity contribution in [1.29, 1.82) is 0 Å². The maximum absolute atomic E-state index is 10.5. The fraction of sp³-hybridized carbons (Fsp3) is 1.00. The van der Waals surface area contributed by atoms with E-state index in [1.807, 2.05) is 6.92 Å². The van der Waals surface area contributed by atoms with E-state index in [1.165, 1.54) is 19.4 Å². The van der Waals surface area contributed by atoms with Crippen molar-refractivity contribution in [2.24, 2.45) is 5.92 Å². The largest absolute Gasteiger partial charge is 0.389 e. The summed E-state index contributed by atoms with van der Waals surface area (Å²) in [4.78, 5) is 4.90. The van der Waals surface area contributed by atoms with Gasteiger partial charge in [-0.25, -0.2) is 0 Å². The lowest BCUT2D eigenvalue weighted by molar-refractivity contribution is -0.0288. The van der Waals surface area contributed by atoms with E-state index in [9.17, 15) is 5.11 Å². The number of hydrogen-bond donors (Lipinski definition) is 1. The number of likely N-dealkylation sites (N-methyl/N-ethyl adjacent to an activating group) is 1. The maximum Gasteiger partial charge on any atom is 0.0768 e. The van der Waals surface area contributed by atoms with Crippen molar-refractivity contribution in [3.05, 3.63) is 0 Å². The van der Waals surface area contributed by atoms with Crippen molar-refractivity contribution < 1.29 is 5.11 Å². The Bertz CT molecular complexity index is 228. The molecule has 1 aliphatic heterocycles. The smallest absolute Gasteiger partial charge is 0.0768 e. The van der Waals surface area contributed by atoms with Gasteiger partial charge in [-0.3, -0.25) is 4.90 Å². The van der Waals surface area contributed by atoms with Gasteiger partial charge in [-0.15, -0.1) is 0 Å². The van der Waals surface area contributed by atoms with Crippen LogP contribution in [0.2, 0.25) is 0 Å². The number of aliphatic hydroxyl groups is 1. The van der Waals surface area contributed by atoms with Crippen molar-refractivity contribution in [1.82, 2.24) is 9.80 Å². The van der Waals surface area contributed by atoms with Crippen LogP contribution in [0.25, 0.3) is 0 Å². The van der Waals surface area contributed by atoms with Gasteiger partial charge >= 0.3 is 0 Å². The molecule has 0 aromatic carbocycles. The molecule has 1 rings (SSSR count). The van der Waals surface area contributed by atoms with Crippen molar-refractivity contribution >= 4 is 0 Å². The Morgan fingerprint density at radius 2 is 2.00 bits per heavy atom. The van der Waals surface area contributed by atoms with Crippen LogP contribution in [-0.2, 0) is 0 Å². The van der Waals surface area contributed by atoms with Crippen molar-refractivity contribution in [2.75, 3.05) is 33.2 Å². The Hall–Kier alpha value is -0.120. The first kappa shape index (κ1) is 14.9. The molecule has 0 amide bonds. The van der Waals surface area contributed by atoms with Gasteiger partial charge in [0.15, 0.2) is 0 Å². The highest BCUT2D eigenvalue weighted by molar-refractivity contribution is 4.86. The van der Waals surface area contributed by atoms with Gasteiger partial charge < -0.3 is 10.0 Å². The van der Waals surface area contributed by atoms with Crippen LogP contribution in [0.3, 0.4) is 0 Å². The third-order valence-electron chi connectivity index (χ3n) is 4.26. The van der Waals surface area contributed by atoms with E-state index in [2.05, 4.69) is 37.6 Å². The van der Waals surface area contributed by atoms with Gasteiger partial charge in [0.2, 0.25) is 0 Å². The van der Waals surface area contributed by atoms with Crippen LogP contribution in [0.4, 0.5) is 0 Å². The number of rotatable bonds is 4. The lowest BCUT2D eigenvalue weighted by atomic mass is 9.91. The average Bonchev–Trinajstić information content (AvgIpc) is 2.39. The Morgan fingerprint density at radius 1 is 1.35 bits per heavy atom. The van der Waals surface area contributed by atoms with Gasteiger partial charge in [-0.1, -0.05) is 20.8 Å². The first-order valence-corrected chi connectivity index (χ1v) is 7.01. The maximum atomic E-state index is 10.5. The monoisotopic (exact) mass is 242 g/mol. The lowest BCUT2D eigenvalue weighted by Gasteiger charge is -2.38. The first-order chi connectivity index (χ1) is 7.86. The molecule has 0 aromatic heterocycles. The molecule has 1 fully saturated rings. The van der Waals surface area contributed by atoms with Gasteiger partial charge in [-0.05, 0) is 45.8 Å². The molecular weight excluding hydrogens is 212 g/mol. The Kier molecular flexibility index (Phi) is 5.42. The predicted octanol–water partition coefficient (Wildman–Crippen LogP) is 1.81. The molecular formula is C14H30N2O. The SMILES string of the molecule is CCC1CN(C)CCCN1CC(C)(O)C(C)C. The molecule has 0 saturated carbocycles. The summed E-state index contributed by atoms with van der Waals surface area (Å²) in [5.41, 5.74) is -0.573. The summed E-state index contributed by atoms with van der Waals surface area (Å²) in [6, 6.07) is 0.590. The zero-order valence-corrected chi connectivity index (χ0v) is 12.2. The fourth-order valence-corrected chi connectivity index (χ4v) is 2.48. The van der Waals surface area contributed by atoms with E-state index in [0.29, 0.717) is 12.0 Å². The number of nitrogens with zero attached hydrogens (tertiary/aromatic N) is 2.